The highest BCUT2D eigenvalue weighted by molar-refractivity contribution is 6.08. The summed E-state index contributed by atoms with van der Waals surface area (Å²) >= 11 is 0. The van der Waals surface area contributed by atoms with Crippen molar-refractivity contribution in [1.82, 2.24) is 9.88 Å². The lowest BCUT2D eigenvalue weighted by Crippen LogP contribution is -2.44. The van der Waals surface area contributed by atoms with Gasteiger partial charge in [-0.3, -0.25) is 9.59 Å². The van der Waals surface area contributed by atoms with E-state index < -0.39 is 11.5 Å². The molecule has 34 heavy (non-hydrogen) atoms. The van der Waals surface area contributed by atoms with E-state index in [9.17, 15) is 9.59 Å². The van der Waals surface area contributed by atoms with Gasteiger partial charge in [-0.1, -0.05) is 0 Å². The summed E-state index contributed by atoms with van der Waals surface area (Å²) in [5.74, 6) is 0.794. The average Bonchev–Trinajstić information content (AvgIpc) is 2.85. The minimum absolute atomic E-state index is 0.000494. The third kappa shape index (κ3) is 4.69. The van der Waals surface area contributed by atoms with Crippen LogP contribution in [0.15, 0.2) is 59.5 Å². The molecule has 0 radical (unpaired) electrons. The number of ether oxygens (including phenoxy) is 2. The Balaban J connectivity index is 1.32. The molecule has 0 aliphatic carbocycles. The second-order valence-electron chi connectivity index (χ2n) is 8.37. The number of nitrogens with one attached hydrogen (secondary N) is 3. The normalized spacial score (nSPS) is 15.6. The number of benzene rings is 2. The Kier molecular flexibility index (Phi) is 6.09. The summed E-state index contributed by atoms with van der Waals surface area (Å²) < 4.78 is 11.2. The predicted octanol–water partition coefficient (Wildman–Crippen LogP) is 2.89. The Labute approximate surface area is 197 Å². The molecular formula is C25H27N5O4. The van der Waals surface area contributed by atoms with Crippen LogP contribution in [0.4, 0.5) is 22.7 Å². The van der Waals surface area contributed by atoms with Crippen molar-refractivity contribution in [2.24, 2.45) is 0 Å². The van der Waals surface area contributed by atoms with Crippen molar-refractivity contribution in [1.29, 1.82) is 0 Å². The standard InChI is InChI=1S/C25H27N5O4/c1-29-10-12-30(13-11-29)19-5-2-17(3-6-19)28-25(32)23-20(8-9-26-24(23)31)27-18-4-7-21-22(16-18)34-15-14-33-21/h2-9,16H,10-15H2,1H3,(H,28,32)(H2,26,27,31). The number of aromatic amines is 1. The van der Waals surface area contributed by atoms with Crippen LogP contribution in [0.5, 0.6) is 11.5 Å². The molecule has 1 amide bonds. The van der Waals surface area contributed by atoms with Crippen LogP contribution in [0.2, 0.25) is 0 Å². The van der Waals surface area contributed by atoms with E-state index in [1.54, 1.807) is 18.2 Å². The van der Waals surface area contributed by atoms with Crippen LogP contribution in [0, 0.1) is 0 Å². The second-order valence-corrected chi connectivity index (χ2v) is 8.37. The van der Waals surface area contributed by atoms with Gasteiger partial charge in [0, 0.05) is 55.5 Å². The summed E-state index contributed by atoms with van der Waals surface area (Å²) in [6.07, 6.45) is 1.50. The fourth-order valence-corrected chi connectivity index (χ4v) is 4.10. The number of fused-ring (bicyclic) bond motifs is 1. The molecule has 0 atom stereocenters. The van der Waals surface area contributed by atoms with Crippen molar-refractivity contribution in [3.8, 4) is 11.5 Å². The van der Waals surface area contributed by atoms with E-state index in [2.05, 4.69) is 32.5 Å². The molecule has 2 aliphatic rings. The quantitative estimate of drug-likeness (QED) is 0.537. The minimum Gasteiger partial charge on any atom is -0.486 e. The topological polar surface area (TPSA) is 98.9 Å². The highest BCUT2D eigenvalue weighted by atomic mass is 16.6. The smallest absolute Gasteiger partial charge is 0.263 e. The fraction of sp³-hybridized carbons (Fsp3) is 0.280. The molecular weight excluding hydrogens is 434 g/mol. The number of hydrogen-bond donors (Lipinski definition) is 3. The number of rotatable bonds is 5. The lowest BCUT2D eigenvalue weighted by Gasteiger charge is -2.34. The van der Waals surface area contributed by atoms with Gasteiger partial charge in [-0.2, -0.15) is 0 Å². The zero-order chi connectivity index (χ0) is 23.5. The van der Waals surface area contributed by atoms with Crippen molar-refractivity contribution >= 4 is 28.7 Å². The average molecular weight is 462 g/mol. The molecule has 176 valence electrons. The zero-order valence-electron chi connectivity index (χ0n) is 19.0. The van der Waals surface area contributed by atoms with Gasteiger partial charge < -0.3 is 34.9 Å². The largest absolute Gasteiger partial charge is 0.486 e. The first-order valence-corrected chi connectivity index (χ1v) is 11.3. The van der Waals surface area contributed by atoms with Crippen molar-refractivity contribution in [3.63, 3.8) is 0 Å². The fourth-order valence-electron chi connectivity index (χ4n) is 4.10. The summed E-state index contributed by atoms with van der Waals surface area (Å²) in [5, 5.41) is 6.00. The highest BCUT2D eigenvalue weighted by Gasteiger charge is 2.19. The summed E-state index contributed by atoms with van der Waals surface area (Å²) in [5.41, 5.74) is 2.34. The minimum atomic E-state index is -0.491. The first kappa shape index (κ1) is 21.8. The summed E-state index contributed by atoms with van der Waals surface area (Å²) in [7, 11) is 2.12. The summed E-state index contributed by atoms with van der Waals surface area (Å²) in [4.78, 5) is 32.9. The molecule has 2 aromatic carbocycles. The van der Waals surface area contributed by atoms with Crippen LogP contribution < -0.4 is 30.6 Å². The number of piperazine rings is 1. The molecule has 0 spiro atoms. The molecule has 1 aromatic heterocycles. The van der Waals surface area contributed by atoms with E-state index in [0.29, 0.717) is 41.8 Å². The Hall–Kier alpha value is -3.98. The maximum Gasteiger partial charge on any atom is 0.263 e. The lowest BCUT2D eigenvalue weighted by molar-refractivity contribution is 0.102. The molecule has 0 saturated carbocycles. The van der Waals surface area contributed by atoms with E-state index in [0.717, 1.165) is 31.9 Å². The van der Waals surface area contributed by atoms with E-state index in [1.165, 1.54) is 6.20 Å². The van der Waals surface area contributed by atoms with Crippen molar-refractivity contribution in [2.75, 3.05) is 62.0 Å². The molecule has 0 unspecified atom stereocenters. The first-order chi connectivity index (χ1) is 16.6. The van der Waals surface area contributed by atoms with Crippen molar-refractivity contribution < 1.29 is 14.3 Å². The number of carbonyl (C=O) groups is 1. The number of hydrogen-bond acceptors (Lipinski definition) is 7. The van der Waals surface area contributed by atoms with E-state index >= 15 is 0 Å². The van der Waals surface area contributed by atoms with E-state index in [-0.39, 0.29) is 5.56 Å². The molecule has 0 bridgehead atoms. The highest BCUT2D eigenvalue weighted by Crippen LogP contribution is 2.34. The van der Waals surface area contributed by atoms with Gasteiger partial charge in [0.2, 0.25) is 0 Å². The van der Waals surface area contributed by atoms with Gasteiger partial charge in [0.15, 0.2) is 11.5 Å². The maximum absolute atomic E-state index is 13.1. The molecule has 2 aliphatic heterocycles. The Bertz CT molecular complexity index is 1230. The van der Waals surface area contributed by atoms with Crippen LogP contribution >= 0.6 is 0 Å². The maximum atomic E-state index is 13.1. The third-order valence-electron chi connectivity index (χ3n) is 6.00. The van der Waals surface area contributed by atoms with Gasteiger partial charge in [0.05, 0.1) is 5.69 Å². The Morgan fingerprint density at radius 2 is 1.62 bits per heavy atom. The van der Waals surface area contributed by atoms with Crippen LogP contribution in [-0.4, -0.2) is 62.2 Å². The number of pyridine rings is 1. The molecule has 3 N–H and O–H groups in total. The van der Waals surface area contributed by atoms with Gasteiger partial charge in [-0.05, 0) is 49.5 Å². The van der Waals surface area contributed by atoms with Crippen LogP contribution in [-0.2, 0) is 0 Å². The molecule has 1 saturated heterocycles. The van der Waals surface area contributed by atoms with Gasteiger partial charge in [0.25, 0.3) is 11.5 Å². The van der Waals surface area contributed by atoms with Crippen LogP contribution in [0.25, 0.3) is 0 Å². The van der Waals surface area contributed by atoms with Crippen molar-refractivity contribution in [3.05, 3.63) is 70.6 Å². The van der Waals surface area contributed by atoms with Crippen LogP contribution in [0.1, 0.15) is 10.4 Å². The van der Waals surface area contributed by atoms with Gasteiger partial charge in [0.1, 0.15) is 18.8 Å². The number of nitrogens with zero attached hydrogens (tertiary/aromatic N) is 2. The van der Waals surface area contributed by atoms with Crippen LogP contribution in [0.3, 0.4) is 0 Å². The lowest BCUT2D eigenvalue weighted by atomic mass is 10.1. The molecule has 9 nitrogen and oxygen atoms in total. The number of amides is 1. The second kappa shape index (κ2) is 9.48. The molecule has 5 rings (SSSR count). The molecule has 9 heteroatoms. The molecule has 3 heterocycles. The molecule has 3 aromatic rings. The first-order valence-electron chi connectivity index (χ1n) is 11.3. The van der Waals surface area contributed by atoms with Gasteiger partial charge in [-0.15, -0.1) is 0 Å². The number of H-pyrrole nitrogens is 1. The number of anilines is 4. The van der Waals surface area contributed by atoms with Gasteiger partial charge in [-0.25, -0.2) is 0 Å². The molecule has 1 fully saturated rings. The van der Waals surface area contributed by atoms with Crippen molar-refractivity contribution in [2.45, 2.75) is 0 Å². The Morgan fingerprint density at radius 1 is 0.912 bits per heavy atom. The number of likely N-dealkylation sites (N-methyl/N-ethyl adjacent to an activating group) is 1. The van der Waals surface area contributed by atoms with Gasteiger partial charge >= 0.3 is 0 Å². The predicted molar refractivity (Wildman–Crippen MR) is 132 cm³/mol. The summed E-state index contributed by atoms with van der Waals surface area (Å²) in [6, 6.07) is 14.7. The van der Waals surface area contributed by atoms with E-state index in [1.807, 2.05) is 30.3 Å². The Morgan fingerprint density at radius 3 is 2.38 bits per heavy atom. The monoisotopic (exact) mass is 461 g/mol. The van der Waals surface area contributed by atoms with E-state index in [4.69, 9.17) is 9.47 Å². The number of carbonyl (C=O) groups excluding carboxylic acids is 1. The summed E-state index contributed by atoms with van der Waals surface area (Å²) in [6.45, 7) is 4.97. The zero-order valence-corrected chi connectivity index (χ0v) is 19.0. The number of aromatic nitrogens is 1. The third-order valence-corrected chi connectivity index (χ3v) is 6.00. The SMILES string of the molecule is CN1CCN(c2ccc(NC(=O)c3c(Nc4ccc5c(c4)OCCO5)cc[nH]c3=O)cc2)CC1.